The number of rotatable bonds is 1. The third kappa shape index (κ3) is 1.75. The summed E-state index contributed by atoms with van der Waals surface area (Å²) in [6.45, 7) is 3.60. The summed E-state index contributed by atoms with van der Waals surface area (Å²) in [6.07, 6.45) is 0.755. The second-order valence-electron chi connectivity index (χ2n) is 4.33. The molecule has 0 saturated heterocycles. The molecular formula is C18H13. The average Bonchev–Trinajstić information content (AvgIpc) is 2.43. The minimum Gasteiger partial charge on any atom is -0.102 e. The van der Waals surface area contributed by atoms with Crippen LogP contribution in [0.1, 0.15) is 5.56 Å². The normalized spacial score (nSPS) is 10.3. The van der Waals surface area contributed by atoms with Crippen LogP contribution in [0, 0.1) is 18.8 Å². The van der Waals surface area contributed by atoms with Gasteiger partial charge in [-0.3, -0.25) is 0 Å². The van der Waals surface area contributed by atoms with Crippen LogP contribution in [0.5, 0.6) is 0 Å². The molecule has 0 aliphatic rings. The predicted octanol–water partition coefficient (Wildman–Crippen LogP) is 4.37. The molecule has 0 unspecified atom stereocenters. The van der Waals surface area contributed by atoms with Crippen molar-refractivity contribution in [3.8, 4) is 11.8 Å². The van der Waals surface area contributed by atoms with Crippen LogP contribution in [0.15, 0.2) is 54.6 Å². The van der Waals surface area contributed by atoms with Gasteiger partial charge in [0.15, 0.2) is 0 Å². The van der Waals surface area contributed by atoms with E-state index in [0.717, 1.165) is 6.42 Å². The Hall–Kier alpha value is -2.26. The van der Waals surface area contributed by atoms with Crippen molar-refractivity contribution in [3.05, 3.63) is 67.1 Å². The second-order valence-corrected chi connectivity index (χ2v) is 4.33. The fourth-order valence-corrected chi connectivity index (χ4v) is 2.45. The highest BCUT2D eigenvalue weighted by Crippen LogP contribution is 2.28. The quantitative estimate of drug-likeness (QED) is 0.429. The van der Waals surface area contributed by atoms with Crippen molar-refractivity contribution < 1.29 is 0 Å². The average molecular weight is 229 g/mol. The maximum Gasteiger partial charge on any atom is 0.0352 e. The van der Waals surface area contributed by atoms with E-state index in [4.69, 9.17) is 0 Å². The maximum absolute atomic E-state index is 3.60. The predicted molar refractivity (Wildman–Crippen MR) is 78.3 cm³/mol. The van der Waals surface area contributed by atoms with Gasteiger partial charge in [-0.25, -0.2) is 0 Å². The first-order valence-electron chi connectivity index (χ1n) is 6.04. The molecule has 0 heterocycles. The summed E-state index contributed by atoms with van der Waals surface area (Å²) in [5.41, 5.74) is 1.31. The van der Waals surface area contributed by atoms with E-state index in [1.807, 2.05) is 0 Å². The highest BCUT2D eigenvalue weighted by atomic mass is 14.1. The zero-order valence-corrected chi connectivity index (χ0v) is 10.1. The molecule has 0 nitrogen and oxygen atoms in total. The highest BCUT2D eigenvalue weighted by Gasteiger charge is 2.05. The van der Waals surface area contributed by atoms with Crippen molar-refractivity contribution in [1.82, 2.24) is 0 Å². The Morgan fingerprint density at radius 3 is 1.94 bits per heavy atom. The smallest absolute Gasteiger partial charge is 0.0352 e. The molecule has 0 bridgehead atoms. The van der Waals surface area contributed by atoms with Gasteiger partial charge in [-0.05, 0) is 33.2 Å². The van der Waals surface area contributed by atoms with E-state index < -0.39 is 0 Å². The monoisotopic (exact) mass is 229 g/mol. The molecule has 0 aliphatic heterocycles. The molecular weight excluding hydrogens is 216 g/mol. The molecule has 0 fully saturated rings. The summed E-state index contributed by atoms with van der Waals surface area (Å²) in [6, 6.07) is 19.2. The van der Waals surface area contributed by atoms with Gasteiger partial charge in [-0.15, -0.1) is 5.92 Å². The van der Waals surface area contributed by atoms with Gasteiger partial charge >= 0.3 is 0 Å². The minimum absolute atomic E-state index is 0.755. The van der Waals surface area contributed by atoms with Crippen LogP contribution in [-0.2, 0) is 6.42 Å². The topological polar surface area (TPSA) is 0 Å². The van der Waals surface area contributed by atoms with E-state index in [1.54, 1.807) is 0 Å². The zero-order valence-electron chi connectivity index (χ0n) is 10.1. The summed E-state index contributed by atoms with van der Waals surface area (Å²) < 4.78 is 0. The number of fused-ring (bicyclic) bond motifs is 2. The largest absolute Gasteiger partial charge is 0.102 e. The molecule has 3 rings (SSSR count). The van der Waals surface area contributed by atoms with Crippen LogP contribution in [0.2, 0.25) is 0 Å². The van der Waals surface area contributed by atoms with Crippen LogP contribution in [0.25, 0.3) is 21.5 Å². The summed E-state index contributed by atoms with van der Waals surface area (Å²) >= 11 is 0. The molecule has 0 atom stereocenters. The van der Waals surface area contributed by atoms with Crippen molar-refractivity contribution in [1.29, 1.82) is 0 Å². The fourth-order valence-electron chi connectivity index (χ4n) is 2.45. The van der Waals surface area contributed by atoms with E-state index in [1.165, 1.54) is 27.1 Å². The minimum atomic E-state index is 0.755. The van der Waals surface area contributed by atoms with Gasteiger partial charge in [0.05, 0.1) is 0 Å². The SMILES string of the molecule is [CH2]C#CCc1c2ccccc2cc2ccccc12. The first kappa shape index (κ1) is 10.9. The second kappa shape index (κ2) is 4.55. The first-order valence-corrected chi connectivity index (χ1v) is 6.04. The van der Waals surface area contributed by atoms with Gasteiger partial charge in [0, 0.05) is 13.3 Å². The van der Waals surface area contributed by atoms with Crippen LogP contribution in [-0.4, -0.2) is 0 Å². The fraction of sp³-hybridized carbons (Fsp3) is 0.0556. The Morgan fingerprint density at radius 1 is 0.833 bits per heavy atom. The third-order valence-electron chi connectivity index (χ3n) is 3.27. The van der Waals surface area contributed by atoms with Gasteiger partial charge in [0.2, 0.25) is 0 Å². The summed E-state index contributed by atoms with van der Waals surface area (Å²) in [5.74, 6) is 5.83. The summed E-state index contributed by atoms with van der Waals surface area (Å²) in [5, 5.41) is 5.13. The van der Waals surface area contributed by atoms with Crippen LogP contribution in [0.3, 0.4) is 0 Å². The Kier molecular flexibility index (Phi) is 2.74. The van der Waals surface area contributed by atoms with Gasteiger partial charge in [-0.2, -0.15) is 0 Å². The van der Waals surface area contributed by atoms with Crippen LogP contribution >= 0.6 is 0 Å². The van der Waals surface area contributed by atoms with Gasteiger partial charge in [-0.1, -0.05) is 54.5 Å². The lowest BCUT2D eigenvalue weighted by Gasteiger charge is -2.09. The van der Waals surface area contributed by atoms with Crippen LogP contribution < -0.4 is 0 Å². The molecule has 0 amide bonds. The van der Waals surface area contributed by atoms with Gasteiger partial charge in [0.1, 0.15) is 0 Å². The standard InChI is InChI=1S/C18H13/c1-2-3-10-18-16-11-6-4-8-14(16)13-15-9-5-7-12-17(15)18/h4-9,11-13H,1,10H2. The van der Waals surface area contributed by atoms with E-state index in [9.17, 15) is 0 Å². The van der Waals surface area contributed by atoms with E-state index in [-0.39, 0.29) is 0 Å². The van der Waals surface area contributed by atoms with E-state index in [2.05, 4.69) is 73.4 Å². The summed E-state index contributed by atoms with van der Waals surface area (Å²) in [4.78, 5) is 0. The van der Waals surface area contributed by atoms with E-state index >= 15 is 0 Å². The lowest BCUT2D eigenvalue weighted by molar-refractivity contribution is 1.39. The molecule has 0 aliphatic carbocycles. The molecule has 85 valence electrons. The molecule has 0 N–H and O–H groups in total. The molecule has 18 heavy (non-hydrogen) atoms. The molecule has 3 aromatic carbocycles. The van der Waals surface area contributed by atoms with Crippen molar-refractivity contribution in [3.63, 3.8) is 0 Å². The molecule has 0 saturated carbocycles. The number of hydrogen-bond acceptors (Lipinski definition) is 0. The Morgan fingerprint density at radius 2 is 1.39 bits per heavy atom. The number of benzene rings is 3. The van der Waals surface area contributed by atoms with Crippen molar-refractivity contribution in [2.75, 3.05) is 0 Å². The Balaban J connectivity index is 2.44. The highest BCUT2D eigenvalue weighted by molar-refractivity contribution is 6.02. The Bertz CT molecular complexity index is 716. The first-order chi connectivity index (χ1) is 8.90. The molecule has 1 radical (unpaired) electrons. The molecule has 0 heteroatoms. The third-order valence-corrected chi connectivity index (χ3v) is 3.27. The lowest BCUT2D eigenvalue weighted by Crippen LogP contribution is -1.88. The lowest BCUT2D eigenvalue weighted by atomic mass is 9.95. The Labute approximate surface area is 107 Å². The van der Waals surface area contributed by atoms with Crippen molar-refractivity contribution in [2.45, 2.75) is 6.42 Å². The van der Waals surface area contributed by atoms with Crippen molar-refractivity contribution >= 4 is 21.5 Å². The summed E-state index contributed by atoms with van der Waals surface area (Å²) in [7, 11) is 0. The molecule has 3 aromatic rings. The van der Waals surface area contributed by atoms with Crippen molar-refractivity contribution in [2.24, 2.45) is 0 Å². The maximum atomic E-state index is 3.60. The van der Waals surface area contributed by atoms with Gasteiger partial charge in [0.25, 0.3) is 0 Å². The van der Waals surface area contributed by atoms with Crippen LogP contribution in [0.4, 0.5) is 0 Å². The van der Waals surface area contributed by atoms with Gasteiger partial charge < -0.3 is 0 Å². The molecule has 0 aromatic heterocycles. The zero-order chi connectivity index (χ0) is 12.4. The molecule has 0 spiro atoms. The number of hydrogen-bond donors (Lipinski definition) is 0. The van der Waals surface area contributed by atoms with E-state index in [0.29, 0.717) is 0 Å².